The van der Waals surface area contributed by atoms with Gasteiger partial charge in [-0.25, -0.2) is 4.99 Å². The molecule has 9 nitrogen and oxygen atoms in total. The Morgan fingerprint density at radius 2 is 2.16 bits per heavy atom. The van der Waals surface area contributed by atoms with Gasteiger partial charge < -0.3 is 25.0 Å². The summed E-state index contributed by atoms with van der Waals surface area (Å²) in [4.78, 5) is 18.6. The van der Waals surface area contributed by atoms with E-state index in [2.05, 4.69) is 36.8 Å². The second kappa shape index (κ2) is 8.46. The summed E-state index contributed by atoms with van der Waals surface area (Å²) in [5.74, 6) is 1.93. The quantitative estimate of drug-likeness (QED) is 0.638. The molecule has 0 saturated carbocycles. The van der Waals surface area contributed by atoms with E-state index in [0.29, 0.717) is 13.0 Å². The zero-order valence-electron chi connectivity index (χ0n) is 18.6. The van der Waals surface area contributed by atoms with Crippen molar-refractivity contribution in [3.05, 3.63) is 35.8 Å². The number of methoxy groups -OCH3 is 1. The standard InChI is InChI=1S/C23H30N6O3/c1-15(12-31-2)32-16-3-4-18-17(9-16)22(28-27-18)19-10-20(26-14-25-19)29-7-5-23(6-8-29)11-21(30)24-13-23/h3-4,9-10,14-15,19H,5-8,11-13H2,1-2H3,(H,24,30)(H,25,26)(H,27,28)/t15-,19?/m0/s1. The lowest BCUT2D eigenvalue weighted by atomic mass is 9.77. The largest absolute Gasteiger partial charge is 0.488 e. The first kappa shape index (κ1) is 20.8. The molecule has 2 fully saturated rings. The molecule has 2 aromatic rings. The number of ether oxygens (including phenoxy) is 2. The summed E-state index contributed by atoms with van der Waals surface area (Å²) in [7, 11) is 1.67. The maximum Gasteiger partial charge on any atom is 0.220 e. The molecule has 1 amide bonds. The van der Waals surface area contributed by atoms with Gasteiger partial charge in [0, 0.05) is 38.6 Å². The first-order chi connectivity index (χ1) is 15.5. The van der Waals surface area contributed by atoms with E-state index in [4.69, 9.17) is 9.47 Å². The third-order valence-electron chi connectivity index (χ3n) is 6.71. The Morgan fingerprint density at radius 1 is 1.31 bits per heavy atom. The van der Waals surface area contributed by atoms with Crippen LogP contribution in [0.25, 0.3) is 10.9 Å². The summed E-state index contributed by atoms with van der Waals surface area (Å²) >= 11 is 0. The number of carbonyl (C=O) groups excluding carboxylic acids is 1. The van der Waals surface area contributed by atoms with Gasteiger partial charge in [0.05, 0.1) is 30.2 Å². The van der Waals surface area contributed by atoms with Crippen molar-refractivity contribution in [3.63, 3.8) is 0 Å². The average Bonchev–Trinajstić information content (AvgIpc) is 3.38. The fraction of sp³-hybridized carbons (Fsp3) is 0.522. The number of carbonyl (C=O) groups is 1. The van der Waals surface area contributed by atoms with Crippen LogP contribution in [0, 0.1) is 5.41 Å². The van der Waals surface area contributed by atoms with Crippen LogP contribution in [0.3, 0.4) is 0 Å². The number of aromatic amines is 1. The number of hydrogen-bond donors (Lipinski definition) is 3. The summed E-state index contributed by atoms with van der Waals surface area (Å²) in [5, 5.41) is 15.1. The number of rotatable bonds is 6. The Kier molecular flexibility index (Phi) is 5.50. The van der Waals surface area contributed by atoms with Crippen LogP contribution in [0.2, 0.25) is 0 Å². The number of nitrogens with zero attached hydrogens (tertiary/aromatic N) is 3. The summed E-state index contributed by atoms with van der Waals surface area (Å²) in [5.41, 5.74) is 2.00. The molecule has 1 spiro atoms. The molecule has 32 heavy (non-hydrogen) atoms. The van der Waals surface area contributed by atoms with Crippen molar-refractivity contribution in [2.75, 3.05) is 33.4 Å². The molecule has 2 atom stereocenters. The normalized spacial score (nSPS) is 23.2. The maximum absolute atomic E-state index is 11.7. The fourth-order valence-electron chi connectivity index (χ4n) is 4.91. The number of hydrogen-bond acceptors (Lipinski definition) is 7. The lowest BCUT2D eigenvalue weighted by Crippen LogP contribution is -2.41. The van der Waals surface area contributed by atoms with Crippen molar-refractivity contribution in [2.24, 2.45) is 10.4 Å². The van der Waals surface area contributed by atoms with Gasteiger partial charge in [-0.1, -0.05) is 0 Å². The van der Waals surface area contributed by atoms with Gasteiger partial charge >= 0.3 is 0 Å². The lowest BCUT2D eigenvalue weighted by molar-refractivity contribution is -0.119. The Morgan fingerprint density at radius 3 is 2.91 bits per heavy atom. The SMILES string of the molecule is COC[C@H](C)Oc1ccc2[nH]nc(C3C=C(N4CCC5(CC4)CNC(=O)C5)N=CN3)c2c1. The van der Waals surface area contributed by atoms with Crippen LogP contribution >= 0.6 is 0 Å². The van der Waals surface area contributed by atoms with Gasteiger partial charge in [-0.3, -0.25) is 9.89 Å². The van der Waals surface area contributed by atoms with E-state index in [1.807, 2.05) is 25.1 Å². The molecule has 1 aromatic heterocycles. The minimum absolute atomic E-state index is 0.0352. The Labute approximate surface area is 187 Å². The zero-order chi connectivity index (χ0) is 22.1. The summed E-state index contributed by atoms with van der Waals surface area (Å²) < 4.78 is 11.2. The molecular weight excluding hydrogens is 408 g/mol. The molecule has 1 unspecified atom stereocenters. The highest BCUT2D eigenvalue weighted by Gasteiger charge is 2.41. The van der Waals surface area contributed by atoms with Crippen LogP contribution in [0.5, 0.6) is 5.75 Å². The second-order valence-corrected chi connectivity index (χ2v) is 9.07. The molecular formula is C23H30N6O3. The number of piperidine rings is 1. The van der Waals surface area contributed by atoms with Crippen LogP contribution in [0.4, 0.5) is 0 Å². The van der Waals surface area contributed by atoms with Crippen molar-refractivity contribution in [1.29, 1.82) is 0 Å². The number of likely N-dealkylation sites (tertiary alicyclic amines) is 1. The summed E-state index contributed by atoms with van der Waals surface area (Å²) in [6.07, 6.45) is 6.51. The molecule has 9 heteroatoms. The topological polar surface area (TPSA) is 104 Å². The highest BCUT2D eigenvalue weighted by molar-refractivity contribution is 5.84. The van der Waals surface area contributed by atoms with Crippen LogP contribution in [0.1, 0.15) is 37.9 Å². The number of benzene rings is 1. The van der Waals surface area contributed by atoms with Crippen molar-refractivity contribution in [2.45, 2.75) is 38.3 Å². The van der Waals surface area contributed by atoms with Gasteiger partial charge in [0.1, 0.15) is 17.7 Å². The van der Waals surface area contributed by atoms with Crippen LogP contribution in [-0.4, -0.2) is 66.8 Å². The number of aliphatic imine (C=N–C) groups is 1. The smallest absolute Gasteiger partial charge is 0.220 e. The average molecular weight is 439 g/mol. The number of fused-ring (bicyclic) bond motifs is 1. The number of nitrogens with one attached hydrogen (secondary N) is 3. The second-order valence-electron chi connectivity index (χ2n) is 9.07. The molecule has 0 radical (unpaired) electrons. The molecule has 0 bridgehead atoms. The monoisotopic (exact) mass is 438 g/mol. The van der Waals surface area contributed by atoms with Gasteiger partial charge in [-0.05, 0) is 49.5 Å². The molecule has 5 rings (SSSR count). The van der Waals surface area contributed by atoms with Gasteiger partial charge in [0.25, 0.3) is 0 Å². The lowest BCUT2D eigenvalue weighted by Gasteiger charge is -2.40. The van der Waals surface area contributed by atoms with E-state index in [1.54, 1.807) is 13.4 Å². The molecule has 1 aromatic carbocycles. The predicted molar refractivity (Wildman–Crippen MR) is 121 cm³/mol. The Hall–Kier alpha value is -3.07. The van der Waals surface area contributed by atoms with Gasteiger partial charge in [-0.2, -0.15) is 5.10 Å². The van der Waals surface area contributed by atoms with E-state index < -0.39 is 0 Å². The third-order valence-corrected chi connectivity index (χ3v) is 6.71. The van der Waals surface area contributed by atoms with E-state index in [0.717, 1.165) is 60.6 Å². The maximum atomic E-state index is 11.7. The van der Waals surface area contributed by atoms with Crippen LogP contribution in [-0.2, 0) is 9.53 Å². The van der Waals surface area contributed by atoms with E-state index in [1.165, 1.54) is 0 Å². The summed E-state index contributed by atoms with van der Waals surface area (Å²) in [6.45, 7) is 5.13. The molecule has 170 valence electrons. The Balaban J connectivity index is 1.33. The highest BCUT2D eigenvalue weighted by Crippen LogP contribution is 2.39. The van der Waals surface area contributed by atoms with Gasteiger partial charge in [0.15, 0.2) is 0 Å². The molecule has 4 heterocycles. The van der Waals surface area contributed by atoms with Gasteiger partial charge in [0.2, 0.25) is 5.91 Å². The zero-order valence-corrected chi connectivity index (χ0v) is 18.6. The fourth-order valence-corrected chi connectivity index (χ4v) is 4.91. The van der Waals surface area contributed by atoms with Crippen LogP contribution < -0.4 is 15.4 Å². The van der Waals surface area contributed by atoms with Crippen molar-refractivity contribution >= 4 is 23.1 Å². The third kappa shape index (κ3) is 4.04. The molecule has 2 saturated heterocycles. The predicted octanol–water partition coefficient (Wildman–Crippen LogP) is 2.09. The van der Waals surface area contributed by atoms with Crippen LogP contribution in [0.15, 0.2) is 35.1 Å². The molecule has 3 aliphatic rings. The highest BCUT2D eigenvalue weighted by atomic mass is 16.5. The summed E-state index contributed by atoms with van der Waals surface area (Å²) in [6, 6.07) is 5.87. The van der Waals surface area contributed by atoms with E-state index in [-0.39, 0.29) is 23.5 Å². The number of amides is 1. The minimum atomic E-state index is -0.0893. The van der Waals surface area contributed by atoms with Gasteiger partial charge in [-0.15, -0.1) is 0 Å². The molecule has 3 aliphatic heterocycles. The van der Waals surface area contributed by atoms with E-state index >= 15 is 0 Å². The Bertz CT molecular complexity index is 1050. The van der Waals surface area contributed by atoms with Crippen molar-refractivity contribution < 1.29 is 14.3 Å². The number of aromatic nitrogens is 2. The van der Waals surface area contributed by atoms with Crippen molar-refractivity contribution in [1.82, 2.24) is 25.7 Å². The van der Waals surface area contributed by atoms with Crippen molar-refractivity contribution in [3.8, 4) is 5.75 Å². The molecule has 3 N–H and O–H groups in total. The minimum Gasteiger partial charge on any atom is -0.488 e. The first-order valence-electron chi connectivity index (χ1n) is 11.2. The molecule has 0 aliphatic carbocycles. The van der Waals surface area contributed by atoms with E-state index in [9.17, 15) is 4.79 Å². The first-order valence-corrected chi connectivity index (χ1v) is 11.2. The number of H-pyrrole nitrogens is 1.